The van der Waals surface area contributed by atoms with Gasteiger partial charge in [-0.25, -0.2) is 4.79 Å². The van der Waals surface area contributed by atoms with E-state index in [1.54, 1.807) is 65.8 Å². The van der Waals surface area contributed by atoms with Gasteiger partial charge in [-0.05, 0) is 65.1 Å². The number of hydrogen-bond donors (Lipinski definition) is 2. The first-order valence-corrected chi connectivity index (χ1v) is 18.0. The second-order valence-corrected chi connectivity index (χ2v) is 13.5. The smallest absolute Gasteiger partial charge is 0.335 e. The summed E-state index contributed by atoms with van der Waals surface area (Å²) in [5, 5.41) is 9.24. The summed E-state index contributed by atoms with van der Waals surface area (Å²) in [6.45, 7) is 0.542. The van der Waals surface area contributed by atoms with Crippen molar-refractivity contribution in [1.29, 1.82) is 0 Å². The van der Waals surface area contributed by atoms with Crippen LogP contribution in [-0.4, -0.2) is 92.1 Å². The summed E-state index contributed by atoms with van der Waals surface area (Å²) < 4.78 is 23.3. The number of carbonyl (C=O) groups excluding carboxylic acids is 2. The summed E-state index contributed by atoms with van der Waals surface area (Å²) in [7, 11) is 5.01. The van der Waals surface area contributed by atoms with Gasteiger partial charge in [0.15, 0.2) is 29.3 Å². The second kappa shape index (κ2) is 16.2. The molecular weight excluding hydrogens is 714 g/mol. The number of carboxylic acid groups (broad SMARTS) is 1. The zero-order valence-corrected chi connectivity index (χ0v) is 31.2. The lowest BCUT2D eigenvalue weighted by atomic mass is 10.0. The molecule has 3 N–H and O–H groups in total. The number of amides is 1. The highest BCUT2D eigenvalue weighted by Crippen LogP contribution is 2.40. The molecule has 0 aliphatic carbocycles. The van der Waals surface area contributed by atoms with Gasteiger partial charge in [-0.3, -0.25) is 19.6 Å². The van der Waals surface area contributed by atoms with Crippen molar-refractivity contribution >= 4 is 58.8 Å². The number of carbonyl (C=O) groups is 3. The second-order valence-electron chi connectivity index (χ2n) is 13.5. The predicted octanol–water partition coefficient (Wildman–Crippen LogP) is 7.06. The van der Waals surface area contributed by atoms with Crippen molar-refractivity contribution in [3.05, 3.63) is 113 Å². The molecule has 0 bridgehead atoms. The van der Waals surface area contributed by atoms with Crippen molar-refractivity contribution in [2.24, 2.45) is 9.98 Å². The lowest BCUT2D eigenvalue weighted by molar-refractivity contribution is 0.0696. The van der Waals surface area contributed by atoms with Crippen molar-refractivity contribution < 1.29 is 38.4 Å². The quantitative estimate of drug-likeness (QED) is 0.0589. The summed E-state index contributed by atoms with van der Waals surface area (Å²) in [6, 6.07) is 20.7. The Morgan fingerprint density at radius 2 is 1.54 bits per heavy atom. The molecule has 0 aromatic heterocycles. The molecule has 0 spiro atoms. The predicted molar refractivity (Wildman–Crippen MR) is 214 cm³/mol. The van der Waals surface area contributed by atoms with E-state index >= 15 is 0 Å². The molecule has 2 unspecified atom stereocenters. The van der Waals surface area contributed by atoms with E-state index in [4.69, 9.17) is 29.7 Å². The van der Waals surface area contributed by atoms with Gasteiger partial charge in [-0.2, -0.15) is 0 Å². The number of rotatable bonds is 14. The normalized spacial score (nSPS) is 17.2. The topological polar surface area (TPSA) is 166 Å². The third kappa shape index (κ3) is 7.83. The van der Waals surface area contributed by atoms with Crippen molar-refractivity contribution in [1.82, 2.24) is 9.80 Å². The number of anilines is 1. The van der Waals surface area contributed by atoms with Gasteiger partial charge in [0.1, 0.15) is 0 Å². The van der Waals surface area contributed by atoms with Crippen molar-refractivity contribution in [3.8, 4) is 23.0 Å². The Morgan fingerprint density at radius 1 is 0.893 bits per heavy atom. The molecule has 13 heteroatoms. The van der Waals surface area contributed by atoms with Crippen LogP contribution in [-0.2, 0) is 0 Å². The maximum absolute atomic E-state index is 13.7. The minimum atomic E-state index is -0.995. The standard InChI is InChI=1S/C43H41N5O8/c1-47-23-29(27-9-11-32(44)12-10-27)15-33(47)21-45-36-19-40(38(53-2)17-31(36)25-49)55-13-4-14-56-41-20-37-35(18-39(41)54-3)42(50)48-24-30(16-34(48)22-46-37)26-5-7-28(8-6-26)43(51)52/h5-12,17-25,33-34H,4,13-16,44H2,1-3H3,(H,51,52). The number of ether oxygens (including phenoxy) is 4. The molecule has 0 saturated carbocycles. The minimum Gasteiger partial charge on any atom is -0.493 e. The fraction of sp³-hybridized carbons (Fsp3) is 0.233. The van der Waals surface area contributed by atoms with Crippen LogP contribution in [0.3, 0.4) is 0 Å². The van der Waals surface area contributed by atoms with E-state index in [0.717, 1.165) is 29.4 Å². The molecule has 3 heterocycles. The van der Waals surface area contributed by atoms with Gasteiger partial charge in [0, 0.05) is 68.1 Å². The average Bonchev–Trinajstić information content (AvgIpc) is 3.79. The Bertz CT molecular complexity index is 2280. The third-order valence-electron chi connectivity index (χ3n) is 9.94. The van der Waals surface area contributed by atoms with Crippen molar-refractivity contribution in [2.75, 3.05) is 40.2 Å². The van der Waals surface area contributed by atoms with Gasteiger partial charge in [-0.1, -0.05) is 24.3 Å². The number of aliphatic imine (C=N–C) groups is 2. The van der Waals surface area contributed by atoms with Gasteiger partial charge in [0.25, 0.3) is 5.91 Å². The third-order valence-corrected chi connectivity index (χ3v) is 9.94. The van der Waals surface area contributed by atoms with E-state index in [9.17, 15) is 19.5 Å². The summed E-state index contributed by atoms with van der Waals surface area (Å²) in [5.41, 5.74) is 12.5. The highest BCUT2D eigenvalue weighted by molar-refractivity contribution is 6.05. The molecule has 0 fully saturated rings. The zero-order valence-electron chi connectivity index (χ0n) is 31.2. The number of carboxylic acids is 1. The summed E-state index contributed by atoms with van der Waals surface area (Å²) in [5.74, 6) is 0.443. The molecule has 3 aliphatic heterocycles. The highest BCUT2D eigenvalue weighted by atomic mass is 16.5. The van der Waals surface area contributed by atoms with Crippen LogP contribution in [0.1, 0.15) is 61.5 Å². The van der Waals surface area contributed by atoms with Crippen LogP contribution in [0, 0.1) is 0 Å². The maximum Gasteiger partial charge on any atom is 0.335 e. The Kier molecular flexibility index (Phi) is 10.8. The molecule has 7 rings (SSSR count). The maximum atomic E-state index is 13.7. The first-order chi connectivity index (χ1) is 27.1. The Balaban J connectivity index is 0.977. The van der Waals surface area contributed by atoms with Crippen LogP contribution in [0.25, 0.3) is 11.1 Å². The summed E-state index contributed by atoms with van der Waals surface area (Å²) in [6.07, 6.45) is 9.98. The molecule has 13 nitrogen and oxygen atoms in total. The SMILES string of the molecule is COc1cc(C=O)c(N=CC2CC(c3ccc(N)cc3)=CN2C)cc1OCCCOc1cc2c(cc1OC)C(=O)N1C=C(c3ccc(C(=O)O)cc3)CC1C=N2. The molecule has 3 aliphatic rings. The highest BCUT2D eigenvalue weighted by Gasteiger charge is 2.33. The van der Waals surface area contributed by atoms with Crippen LogP contribution >= 0.6 is 0 Å². The fourth-order valence-corrected chi connectivity index (χ4v) is 6.84. The first kappa shape index (κ1) is 37.4. The Hall–Kier alpha value is -6.89. The number of nitrogens with two attached hydrogens (primary N) is 1. The summed E-state index contributed by atoms with van der Waals surface area (Å²) >= 11 is 0. The van der Waals surface area contributed by atoms with Crippen LogP contribution in [0.5, 0.6) is 23.0 Å². The lowest BCUT2D eigenvalue weighted by Gasteiger charge is -2.19. The number of aldehydes is 1. The monoisotopic (exact) mass is 755 g/mol. The van der Waals surface area contributed by atoms with E-state index in [1.165, 1.54) is 19.8 Å². The number of fused-ring (bicyclic) bond motifs is 2. The van der Waals surface area contributed by atoms with E-state index in [2.05, 4.69) is 16.1 Å². The number of benzene rings is 4. The molecule has 1 amide bonds. The van der Waals surface area contributed by atoms with Gasteiger partial charge in [0.2, 0.25) is 0 Å². The molecule has 0 radical (unpaired) electrons. The van der Waals surface area contributed by atoms with E-state index in [0.29, 0.717) is 64.0 Å². The van der Waals surface area contributed by atoms with Crippen molar-refractivity contribution in [2.45, 2.75) is 31.3 Å². The van der Waals surface area contributed by atoms with Gasteiger partial charge in [-0.15, -0.1) is 0 Å². The van der Waals surface area contributed by atoms with Crippen LogP contribution in [0.2, 0.25) is 0 Å². The van der Waals surface area contributed by atoms with Gasteiger partial charge < -0.3 is 39.6 Å². The van der Waals surface area contributed by atoms with Crippen molar-refractivity contribution in [3.63, 3.8) is 0 Å². The first-order valence-electron chi connectivity index (χ1n) is 18.0. The molecule has 0 saturated heterocycles. The average molecular weight is 756 g/mol. The molecule has 4 aromatic rings. The number of nitrogen functional groups attached to an aromatic ring is 1. The van der Waals surface area contributed by atoms with E-state index in [-0.39, 0.29) is 36.8 Å². The van der Waals surface area contributed by atoms with Crippen LogP contribution in [0.4, 0.5) is 17.1 Å². The number of nitrogens with zero attached hydrogens (tertiary/aromatic N) is 4. The minimum absolute atomic E-state index is 0.00174. The fourth-order valence-electron chi connectivity index (χ4n) is 6.84. The van der Waals surface area contributed by atoms with Crippen LogP contribution < -0.4 is 24.7 Å². The molecule has 4 aromatic carbocycles. The number of hydrogen-bond acceptors (Lipinski definition) is 11. The molecular formula is C43H41N5O8. The lowest BCUT2D eigenvalue weighted by Crippen LogP contribution is -2.32. The van der Waals surface area contributed by atoms with Gasteiger partial charge >= 0.3 is 5.97 Å². The summed E-state index contributed by atoms with van der Waals surface area (Å²) in [4.78, 5) is 50.1. The Morgan fingerprint density at radius 3 is 2.20 bits per heavy atom. The number of aromatic carboxylic acids is 1. The van der Waals surface area contributed by atoms with E-state index in [1.807, 2.05) is 37.5 Å². The molecule has 2 atom stereocenters. The molecule has 286 valence electrons. The van der Waals surface area contributed by atoms with E-state index < -0.39 is 5.97 Å². The number of methoxy groups -OCH3 is 2. The van der Waals surface area contributed by atoms with Crippen LogP contribution in [0.15, 0.2) is 95.2 Å². The largest absolute Gasteiger partial charge is 0.493 e. The Labute approximate surface area is 324 Å². The zero-order chi connectivity index (χ0) is 39.3. The van der Waals surface area contributed by atoms with Gasteiger partial charge in [0.05, 0.1) is 62.0 Å². The molecule has 56 heavy (non-hydrogen) atoms.